The molecule has 29 heavy (non-hydrogen) atoms. The number of aromatic nitrogens is 1. The monoisotopic (exact) mass is 398 g/mol. The fraction of sp³-hybridized carbons (Fsp3) is 0.429. The lowest BCUT2D eigenvalue weighted by atomic mass is 9.93. The molecule has 0 saturated carbocycles. The molecule has 154 valence electrons. The molecule has 1 aliphatic rings. The van der Waals surface area contributed by atoms with Gasteiger partial charge in [-0.2, -0.15) is 0 Å². The van der Waals surface area contributed by atoms with Gasteiger partial charge in [-0.3, -0.25) is 19.3 Å². The van der Waals surface area contributed by atoms with Gasteiger partial charge in [0.25, 0.3) is 5.91 Å². The Bertz CT molecular complexity index is 942. The van der Waals surface area contributed by atoms with Gasteiger partial charge in [0.1, 0.15) is 11.8 Å². The van der Waals surface area contributed by atoms with Crippen LogP contribution in [-0.2, 0) is 15.0 Å². The number of carbonyl (C=O) groups is 3. The van der Waals surface area contributed by atoms with Crippen LogP contribution in [0.3, 0.4) is 0 Å². The van der Waals surface area contributed by atoms with E-state index in [0.29, 0.717) is 29.2 Å². The fourth-order valence-corrected chi connectivity index (χ4v) is 3.20. The maximum atomic E-state index is 12.9. The van der Waals surface area contributed by atoms with Crippen molar-refractivity contribution in [2.75, 3.05) is 24.3 Å². The van der Waals surface area contributed by atoms with E-state index >= 15 is 0 Å². The normalized spacial score (nSPS) is 16.8. The Kier molecular flexibility index (Phi) is 5.46. The first kappa shape index (κ1) is 20.6. The van der Waals surface area contributed by atoms with Crippen LogP contribution in [-0.4, -0.2) is 47.9 Å². The second kappa shape index (κ2) is 7.69. The van der Waals surface area contributed by atoms with Crippen molar-refractivity contribution in [3.8, 4) is 0 Å². The van der Waals surface area contributed by atoms with E-state index in [2.05, 4.69) is 10.5 Å². The van der Waals surface area contributed by atoms with E-state index in [-0.39, 0.29) is 29.6 Å². The summed E-state index contributed by atoms with van der Waals surface area (Å²) < 4.78 is 5.30. The van der Waals surface area contributed by atoms with Crippen LogP contribution < -0.4 is 10.2 Å². The highest BCUT2D eigenvalue weighted by atomic mass is 16.5. The first-order valence-corrected chi connectivity index (χ1v) is 9.50. The van der Waals surface area contributed by atoms with E-state index in [9.17, 15) is 14.4 Å². The van der Waals surface area contributed by atoms with E-state index in [1.807, 2.05) is 20.8 Å². The van der Waals surface area contributed by atoms with E-state index in [1.54, 1.807) is 44.4 Å². The summed E-state index contributed by atoms with van der Waals surface area (Å²) >= 11 is 0. The van der Waals surface area contributed by atoms with Crippen LogP contribution in [0.25, 0.3) is 0 Å². The zero-order valence-electron chi connectivity index (χ0n) is 17.4. The smallest absolute Gasteiger partial charge is 0.253 e. The summed E-state index contributed by atoms with van der Waals surface area (Å²) in [6.45, 7) is 5.95. The third-order valence-corrected chi connectivity index (χ3v) is 4.79. The molecular weight excluding hydrogens is 372 g/mol. The fourth-order valence-electron chi connectivity index (χ4n) is 3.20. The number of amides is 3. The van der Waals surface area contributed by atoms with Crippen molar-refractivity contribution in [2.45, 2.75) is 45.1 Å². The average Bonchev–Trinajstić information content (AvgIpc) is 3.27. The number of nitrogens with one attached hydrogen (secondary N) is 1. The van der Waals surface area contributed by atoms with Gasteiger partial charge in [0.15, 0.2) is 5.82 Å². The van der Waals surface area contributed by atoms with Crippen molar-refractivity contribution in [3.05, 3.63) is 41.7 Å². The molecule has 0 spiro atoms. The predicted molar refractivity (Wildman–Crippen MR) is 109 cm³/mol. The number of rotatable bonds is 4. The average molecular weight is 398 g/mol. The minimum atomic E-state index is -0.679. The zero-order valence-corrected chi connectivity index (χ0v) is 17.4. The van der Waals surface area contributed by atoms with Crippen molar-refractivity contribution in [1.29, 1.82) is 0 Å². The molecule has 0 aliphatic carbocycles. The molecule has 1 saturated heterocycles. The lowest BCUT2D eigenvalue weighted by molar-refractivity contribution is -0.120. The molecular formula is C21H26N4O4. The Morgan fingerprint density at radius 1 is 1.24 bits per heavy atom. The summed E-state index contributed by atoms with van der Waals surface area (Å²) in [5, 5.41) is 6.65. The first-order valence-electron chi connectivity index (χ1n) is 9.50. The molecule has 0 bridgehead atoms. The number of hydrogen-bond acceptors (Lipinski definition) is 5. The summed E-state index contributed by atoms with van der Waals surface area (Å²) in [5.41, 5.74) is 0.749. The second-order valence-corrected chi connectivity index (χ2v) is 8.38. The van der Waals surface area contributed by atoms with Crippen LogP contribution in [0.1, 0.15) is 49.7 Å². The topological polar surface area (TPSA) is 95.8 Å². The Balaban J connectivity index is 1.82. The van der Waals surface area contributed by atoms with Gasteiger partial charge in [-0.15, -0.1) is 0 Å². The molecule has 3 amide bonds. The maximum Gasteiger partial charge on any atom is 0.253 e. The van der Waals surface area contributed by atoms with Crippen LogP contribution in [0.4, 0.5) is 11.5 Å². The van der Waals surface area contributed by atoms with Crippen LogP contribution in [0.15, 0.2) is 34.9 Å². The summed E-state index contributed by atoms with van der Waals surface area (Å²) in [4.78, 5) is 40.6. The third kappa shape index (κ3) is 4.31. The molecule has 3 rings (SSSR count). The lowest BCUT2D eigenvalue weighted by Gasteiger charge is -2.24. The summed E-state index contributed by atoms with van der Waals surface area (Å²) in [7, 11) is 3.33. The van der Waals surface area contributed by atoms with Crippen LogP contribution >= 0.6 is 0 Å². The number of anilines is 2. The van der Waals surface area contributed by atoms with Gasteiger partial charge in [-0.25, -0.2) is 0 Å². The highest BCUT2D eigenvalue weighted by molar-refractivity contribution is 6.08. The van der Waals surface area contributed by atoms with E-state index in [1.165, 1.54) is 9.80 Å². The summed E-state index contributed by atoms with van der Waals surface area (Å²) in [6.07, 6.45) is 0.649. The Hall–Kier alpha value is -3.16. The summed E-state index contributed by atoms with van der Waals surface area (Å²) in [6, 6.07) is 7.77. The minimum Gasteiger partial charge on any atom is -0.359 e. The lowest BCUT2D eigenvalue weighted by Crippen LogP contribution is -2.42. The van der Waals surface area contributed by atoms with Gasteiger partial charge in [0.2, 0.25) is 11.8 Å². The predicted octanol–water partition coefficient (Wildman–Crippen LogP) is 2.81. The van der Waals surface area contributed by atoms with E-state index in [0.717, 1.165) is 0 Å². The van der Waals surface area contributed by atoms with Gasteiger partial charge in [-0.05, 0) is 24.6 Å². The largest absolute Gasteiger partial charge is 0.359 e. The minimum absolute atomic E-state index is 0.157. The Labute approximate surface area is 169 Å². The van der Waals surface area contributed by atoms with Gasteiger partial charge in [0.05, 0.1) is 0 Å². The third-order valence-electron chi connectivity index (χ3n) is 4.79. The molecule has 8 heteroatoms. The number of carbonyl (C=O) groups excluding carboxylic acids is 3. The quantitative estimate of drug-likeness (QED) is 0.854. The van der Waals surface area contributed by atoms with Crippen molar-refractivity contribution in [1.82, 2.24) is 10.1 Å². The molecule has 1 N–H and O–H groups in total. The first-order chi connectivity index (χ1) is 13.6. The molecule has 1 aromatic heterocycles. The molecule has 2 aromatic rings. The van der Waals surface area contributed by atoms with Crippen LogP contribution in [0.5, 0.6) is 0 Å². The summed E-state index contributed by atoms with van der Waals surface area (Å²) in [5.74, 6) is 0.304. The van der Waals surface area contributed by atoms with Crippen molar-refractivity contribution >= 4 is 29.2 Å². The zero-order chi connectivity index (χ0) is 21.3. The Morgan fingerprint density at radius 3 is 2.59 bits per heavy atom. The molecule has 1 unspecified atom stereocenters. The molecule has 8 nitrogen and oxygen atoms in total. The van der Waals surface area contributed by atoms with Gasteiger partial charge < -0.3 is 14.7 Å². The van der Waals surface area contributed by atoms with Crippen molar-refractivity contribution < 1.29 is 18.9 Å². The number of nitrogens with zero attached hydrogens (tertiary/aromatic N) is 3. The molecule has 2 heterocycles. The highest BCUT2D eigenvalue weighted by Gasteiger charge is 2.37. The maximum absolute atomic E-state index is 12.9. The Morgan fingerprint density at radius 2 is 1.97 bits per heavy atom. The van der Waals surface area contributed by atoms with Gasteiger partial charge in [-0.1, -0.05) is 32.0 Å². The number of benzene rings is 1. The molecule has 1 fully saturated rings. The standard InChI is InChI=1S/C21H26N4O4/c1-21(2,3)16-12-17(23-29-16)22-19(27)15-9-10-18(26)25(15)14-8-6-7-13(11-14)20(28)24(4)5/h6-8,11-12,15H,9-10H2,1-5H3,(H,22,23,27). The second-order valence-electron chi connectivity index (χ2n) is 8.38. The van der Waals surface area contributed by atoms with Crippen LogP contribution in [0, 0.1) is 0 Å². The molecule has 1 atom stereocenters. The molecule has 0 radical (unpaired) electrons. The molecule has 1 aliphatic heterocycles. The SMILES string of the molecule is CN(C)C(=O)c1cccc(N2C(=O)CCC2C(=O)Nc2cc(C(C)(C)C)on2)c1. The van der Waals surface area contributed by atoms with Crippen molar-refractivity contribution in [3.63, 3.8) is 0 Å². The highest BCUT2D eigenvalue weighted by Crippen LogP contribution is 2.29. The van der Waals surface area contributed by atoms with E-state index in [4.69, 9.17) is 4.52 Å². The molecule has 1 aromatic carbocycles. The van der Waals surface area contributed by atoms with E-state index < -0.39 is 6.04 Å². The van der Waals surface area contributed by atoms with Crippen molar-refractivity contribution in [2.24, 2.45) is 0 Å². The van der Waals surface area contributed by atoms with Gasteiger partial charge in [0, 0.05) is 43.2 Å². The van der Waals surface area contributed by atoms with Crippen LogP contribution in [0.2, 0.25) is 0 Å². The van der Waals surface area contributed by atoms with Gasteiger partial charge >= 0.3 is 0 Å². The number of hydrogen-bond donors (Lipinski definition) is 1.